The molecule has 0 radical (unpaired) electrons. The molecule has 2 heterocycles. The number of hydrogen-bond donors (Lipinski definition) is 0. The Balaban J connectivity index is 0.00000274. The van der Waals surface area contributed by atoms with Crippen molar-refractivity contribution in [3.05, 3.63) is 114 Å². The Morgan fingerprint density at radius 1 is 0.882 bits per heavy atom. The minimum atomic E-state index is 0. The van der Waals surface area contributed by atoms with Crippen LogP contribution in [0.4, 0.5) is 0 Å². The second kappa shape index (κ2) is 10.2. The first-order chi connectivity index (χ1) is 16.1. The average molecular weight is 628 g/mol. The van der Waals surface area contributed by atoms with Crippen LogP contribution in [0.5, 0.6) is 11.8 Å². The third-order valence-corrected chi connectivity index (χ3v) is 5.60. The van der Waals surface area contributed by atoms with Gasteiger partial charge in [0.25, 0.3) is 6.01 Å². The molecule has 5 rings (SSSR count). The molecule has 0 atom stereocenters. The summed E-state index contributed by atoms with van der Waals surface area (Å²) >= 11 is 0. The van der Waals surface area contributed by atoms with Crippen LogP contribution in [0.25, 0.3) is 16.9 Å². The molecule has 0 unspecified atom stereocenters. The summed E-state index contributed by atoms with van der Waals surface area (Å²) in [6.45, 7) is 4.24. The first-order valence-electron chi connectivity index (χ1n) is 10.9. The summed E-state index contributed by atoms with van der Waals surface area (Å²) in [6, 6.07) is 25.8. The second-order valence-electron chi connectivity index (χ2n) is 8.14. The van der Waals surface area contributed by atoms with E-state index >= 15 is 0 Å². The first-order valence-corrected chi connectivity index (χ1v) is 10.9. The van der Waals surface area contributed by atoms with Gasteiger partial charge in [-0.25, -0.2) is 4.98 Å². The number of ether oxygens (including phenoxy) is 1. The van der Waals surface area contributed by atoms with Crippen LogP contribution >= 0.6 is 0 Å². The zero-order valence-corrected chi connectivity index (χ0v) is 21.5. The van der Waals surface area contributed by atoms with Crippen molar-refractivity contribution in [2.45, 2.75) is 20.3 Å². The summed E-state index contributed by atoms with van der Waals surface area (Å²) in [4.78, 5) is 8.86. The molecule has 0 fully saturated rings. The van der Waals surface area contributed by atoms with Crippen molar-refractivity contribution in [2.24, 2.45) is 7.05 Å². The van der Waals surface area contributed by atoms with Crippen molar-refractivity contribution in [1.82, 2.24) is 19.1 Å². The maximum atomic E-state index is 5.86. The van der Waals surface area contributed by atoms with E-state index in [9.17, 15) is 0 Å². The van der Waals surface area contributed by atoms with Crippen LogP contribution in [0.15, 0.2) is 79.5 Å². The fourth-order valence-electron chi connectivity index (χ4n) is 3.98. The van der Waals surface area contributed by atoms with Crippen LogP contribution in [-0.4, -0.2) is 19.1 Å². The predicted molar refractivity (Wildman–Crippen MR) is 129 cm³/mol. The van der Waals surface area contributed by atoms with Crippen LogP contribution in [0, 0.1) is 26.0 Å². The molecule has 0 aliphatic carbocycles. The Hall–Kier alpha value is -3.43. The van der Waals surface area contributed by atoms with Crippen LogP contribution in [0.1, 0.15) is 22.3 Å². The van der Waals surface area contributed by atoms with E-state index < -0.39 is 0 Å². The number of aryl methyl sites for hydroxylation is 3. The zero-order valence-electron chi connectivity index (χ0n) is 19.2. The molecule has 0 spiro atoms. The van der Waals surface area contributed by atoms with E-state index in [4.69, 9.17) is 4.74 Å². The first kappa shape index (κ1) is 23.7. The Kier molecular flexibility index (Phi) is 7.14. The van der Waals surface area contributed by atoms with Crippen molar-refractivity contribution in [3.63, 3.8) is 0 Å². The molecule has 0 bridgehead atoms. The van der Waals surface area contributed by atoms with Crippen LogP contribution < -0.4 is 4.74 Å². The van der Waals surface area contributed by atoms with E-state index in [0.717, 1.165) is 22.4 Å². The maximum Gasteiger partial charge on any atom is 2.00 e. The van der Waals surface area contributed by atoms with E-state index in [1.807, 2.05) is 54.5 Å². The van der Waals surface area contributed by atoms with Gasteiger partial charge >= 0.3 is 21.1 Å². The third kappa shape index (κ3) is 5.05. The van der Waals surface area contributed by atoms with Crippen molar-refractivity contribution in [3.8, 4) is 28.7 Å². The predicted octanol–water partition coefficient (Wildman–Crippen LogP) is 5.87. The summed E-state index contributed by atoms with van der Waals surface area (Å²) in [6.07, 6.45) is 8.20. The number of rotatable bonds is 6. The van der Waals surface area contributed by atoms with Crippen molar-refractivity contribution < 1.29 is 25.8 Å². The van der Waals surface area contributed by atoms with E-state index in [1.165, 1.54) is 16.8 Å². The van der Waals surface area contributed by atoms with Gasteiger partial charge in [-0.1, -0.05) is 18.2 Å². The van der Waals surface area contributed by atoms with E-state index in [0.29, 0.717) is 18.2 Å². The summed E-state index contributed by atoms with van der Waals surface area (Å²) in [5, 5.41) is 0. The molecule has 5 aromatic rings. The molecule has 0 saturated heterocycles. The topological polar surface area (TPSA) is 44.9 Å². The number of nitrogens with zero attached hydrogens (tertiary/aromatic N) is 4. The van der Waals surface area contributed by atoms with Crippen molar-refractivity contribution >= 4 is 0 Å². The van der Waals surface area contributed by atoms with Gasteiger partial charge in [0, 0.05) is 30.9 Å². The summed E-state index contributed by atoms with van der Waals surface area (Å²) < 4.78 is 9.78. The van der Waals surface area contributed by atoms with Gasteiger partial charge in [0.2, 0.25) is 0 Å². The number of hydrogen-bond acceptors (Lipinski definition) is 3. The minimum Gasteiger partial charge on any atom is -0.453 e. The number of aromatic nitrogens is 4. The molecule has 0 N–H and O–H groups in total. The van der Waals surface area contributed by atoms with E-state index in [2.05, 4.69) is 71.0 Å². The molecule has 3 aromatic carbocycles. The summed E-state index contributed by atoms with van der Waals surface area (Å²) in [5.74, 6) is 0.644. The second-order valence-corrected chi connectivity index (χ2v) is 8.14. The quantitative estimate of drug-likeness (QED) is 0.221. The van der Waals surface area contributed by atoms with Gasteiger partial charge in [-0.15, -0.1) is 47.5 Å². The standard InChI is InChI=1S/C28H24N4O.Pt/c1-20-7-4-8-21(2)27(20)32-18-26(30-19-32)24-11-5-9-22(16-24)15-23-10-6-12-25(17-23)33-28-29-13-14-31(28)3;/h4-14,18-19H,15H2,1-3H3;/q-2;+2. The number of benzene rings is 3. The number of para-hydroxylation sites is 1. The molecular formula is C28H24N4OPt. The van der Waals surface area contributed by atoms with Gasteiger partial charge in [-0.05, 0) is 37.6 Å². The normalized spacial score (nSPS) is 10.7. The molecule has 0 saturated carbocycles. The Morgan fingerprint density at radius 2 is 1.59 bits per heavy atom. The van der Waals surface area contributed by atoms with Crippen LogP contribution in [0.3, 0.4) is 0 Å². The average Bonchev–Trinajstić information content (AvgIpc) is 3.44. The number of imidazole rings is 2. The van der Waals surface area contributed by atoms with Gasteiger partial charge < -0.3 is 13.9 Å². The SMILES string of the molecule is Cc1cccc(C)c1-n1cnc(-c2[c-]c(Cc3[c-]c(Oc4nccn4C)ccc3)ccc2)c1.[Pt+2]. The molecule has 5 nitrogen and oxygen atoms in total. The largest absolute Gasteiger partial charge is 2.00 e. The van der Waals surface area contributed by atoms with Gasteiger partial charge in [0.05, 0.1) is 12.0 Å². The molecule has 34 heavy (non-hydrogen) atoms. The van der Waals surface area contributed by atoms with Crippen molar-refractivity contribution in [1.29, 1.82) is 0 Å². The van der Waals surface area contributed by atoms with Crippen LogP contribution in [0.2, 0.25) is 0 Å². The third-order valence-electron chi connectivity index (χ3n) is 5.60. The smallest absolute Gasteiger partial charge is 0.453 e. The fraction of sp³-hybridized carbons (Fsp3) is 0.143. The van der Waals surface area contributed by atoms with E-state index in [-0.39, 0.29) is 21.1 Å². The molecule has 6 heteroatoms. The molecule has 0 aliphatic heterocycles. The van der Waals surface area contributed by atoms with E-state index in [1.54, 1.807) is 6.20 Å². The molecule has 0 aliphatic rings. The van der Waals surface area contributed by atoms with Gasteiger partial charge in [-0.3, -0.25) is 4.98 Å². The summed E-state index contributed by atoms with van der Waals surface area (Å²) in [7, 11) is 1.90. The monoisotopic (exact) mass is 627 g/mol. The van der Waals surface area contributed by atoms with Gasteiger partial charge in [0.1, 0.15) is 0 Å². The summed E-state index contributed by atoms with van der Waals surface area (Å²) in [5.41, 5.74) is 7.58. The Bertz CT molecular complexity index is 1400. The molecule has 2 aromatic heterocycles. The maximum absolute atomic E-state index is 5.86. The van der Waals surface area contributed by atoms with Gasteiger partial charge in [-0.2, -0.15) is 17.7 Å². The van der Waals surface area contributed by atoms with Gasteiger partial charge in [0.15, 0.2) is 0 Å². The Morgan fingerprint density at radius 3 is 2.32 bits per heavy atom. The van der Waals surface area contributed by atoms with Crippen LogP contribution in [-0.2, 0) is 34.5 Å². The zero-order chi connectivity index (χ0) is 22.8. The molecule has 172 valence electrons. The minimum absolute atomic E-state index is 0. The fourth-order valence-corrected chi connectivity index (χ4v) is 3.98. The molecule has 0 amide bonds. The Labute approximate surface area is 214 Å². The molecular weight excluding hydrogens is 603 g/mol. The van der Waals surface area contributed by atoms with Crippen molar-refractivity contribution in [2.75, 3.05) is 0 Å².